The maximum absolute atomic E-state index is 10.8. The monoisotopic (exact) mass is 314 g/mol. The number of benzene rings is 1. The molecule has 1 atom stereocenters. The van der Waals surface area contributed by atoms with Crippen molar-refractivity contribution in [1.82, 2.24) is 10.2 Å². The molecule has 8 nitrogen and oxygen atoms in total. The van der Waals surface area contributed by atoms with Gasteiger partial charge in [0.05, 0.1) is 6.61 Å². The molecule has 0 aliphatic rings. The lowest BCUT2D eigenvalue weighted by atomic mass is 10.1. The Kier molecular flexibility index (Phi) is 9.21. The highest BCUT2D eigenvalue weighted by Crippen LogP contribution is 2.35. The fraction of sp³-hybridized carbons (Fsp3) is 0.333. The van der Waals surface area contributed by atoms with Crippen LogP contribution in [0.5, 0.6) is 0 Å². The van der Waals surface area contributed by atoms with Gasteiger partial charge in [-0.1, -0.05) is 35.5 Å². The van der Waals surface area contributed by atoms with Gasteiger partial charge in [0.15, 0.2) is 5.71 Å². The van der Waals surface area contributed by atoms with Crippen LogP contribution in [-0.2, 0) is 9.09 Å². The van der Waals surface area contributed by atoms with E-state index in [4.69, 9.17) is 15.4 Å². The number of hydrogen-bond acceptors (Lipinski definition) is 6. The van der Waals surface area contributed by atoms with E-state index in [0.717, 1.165) is 0 Å². The molecule has 0 radical (unpaired) electrons. The highest BCUT2D eigenvalue weighted by Gasteiger charge is 2.17. The van der Waals surface area contributed by atoms with Crippen molar-refractivity contribution in [1.29, 1.82) is 5.26 Å². The summed E-state index contributed by atoms with van der Waals surface area (Å²) in [5, 5.41) is 23.2. The first kappa shape index (κ1) is 19.2. The lowest BCUT2D eigenvalue weighted by molar-refractivity contribution is 0.225. The van der Waals surface area contributed by atoms with E-state index in [-0.39, 0.29) is 12.3 Å². The van der Waals surface area contributed by atoms with E-state index < -0.39 is 7.75 Å². The predicted molar refractivity (Wildman–Crippen MR) is 78.7 cm³/mol. The van der Waals surface area contributed by atoms with Gasteiger partial charge in [-0.3, -0.25) is 4.52 Å². The minimum absolute atomic E-state index is 0.0330. The van der Waals surface area contributed by atoms with Crippen LogP contribution in [0.2, 0.25) is 0 Å². The van der Waals surface area contributed by atoms with E-state index >= 15 is 0 Å². The Bertz CT molecular complexity index is 528. The molecule has 0 saturated carbocycles. The molecule has 0 bridgehead atoms. The van der Waals surface area contributed by atoms with E-state index in [2.05, 4.69) is 14.9 Å². The zero-order valence-electron chi connectivity index (χ0n) is 12.1. The Balaban J connectivity index is 0.000000384. The fourth-order valence-electron chi connectivity index (χ4n) is 1.20. The van der Waals surface area contributed by atoms with Crippen molar-refractivity contribution in [3.63, 3.8) is 0 Å². The van der Waals surface area contributed by atoms with Gasteiger partial charge in [-0.05, 0) is 6.92 Å². The summed E-state index contributed by atoms with van der Waals surface area (Å²) in [6, 6.07) is 10.6. The molecule has 0 heterocycles. The molecule has 0 amide bonds. The first-order valence-corrected chi connectivity index (χ1v) is 7.54. The van der Waals surface area contributed by atoms with Crippen molar-refractivity contribution in [2.24, 2.45) is 5.16 Å². The molecule has 116 valence electrons. The highest BCUT2D eigenvalue weighted by atomic mass is 31.2. The molecule has 1 unspecified atom stereocenters. The Labute approximate surface area is 123 Å². The molecule has 0 aliphatic carbocycles. The summed E-state index contributed by atoms with van der Waals surface area (Å²) in [4.78, 5) is 8.87. The van der Waals surface area contributed by atoms with Gasteiger partial charge in [-0.25, -0.2) is 9.57 Å². The standard InChI is InChI=1S/C8H6N2O.C4H13N2O3P/c9-6-8(10-11)7-4-2-1-3-5-7;1-4-9-10(7,8)5-6(2)3/h1-5,11H;4H2,1-3H3,(H2,5,7,8)/b10-8-;. The molecule has 1 aromatic carbocycles. The van der Waals surface area contributed by atoms with E-state index in [1.165, 1.54) is 5.01 Å². The van der Waals surface area contributed by atoms with Gasteiger partial charge in [0, 0.05) is 19.7 Å². The topological polar surface area (TPSA) is 118 Å². The van der Waals surface area contributed by atoms with Crippen LogP contribution in [0.15, 0.2) is 35.5 Å². The van der Waals surface area contributed by atoms with Gasteiger partial charge >= 0.3 is 7.75 Å². The smallest absolute Gasteiger partial charge is 0.410 e. The lowest BCUT2D eigenvalue weighted by Gasteiger charge is -2.16. The zero-order valence-corrected chi connectivity index (χ0v) is 13.0. The molecule has 0 saturated heterocycles. The average Bonchev–Trinajstić information content (AvgIpc) is 2.40. The minimum Gasteiger partial charge on any atom is -0.410 e. The number of hydrogen-bond donors (Lipinski definition) is 3. The largest absolute Gasteiger partial charge is 0.416 e. The van der Waals surface area contributed by atoms with Crippen LogP contribution in [-0.4, -0.2) is 41.5 Å². The Morgan fingerprint density at radius 1 is 1.48 bits per heavy atom. The quantitative estimate of drug-likeness (QED) is 0.327. The maximum Gasteiger partial charge on any atom is 0.416 e. The van der Waals surface area contributed by atoms with Gasteiger partial charge in [0.2, 0.25) is 0 Å². The first-order valence-electron chi connectivity index (χ1n) is 5.96. The Morgan fingerprint density at radius 3 is 2.43 bits per heavy atom. The van der Waals surface area contributed by atoms with Crippen LogP contribution in [0.1, 0.15) is 12.5 Å². The third-order valence-electron chi connectivity index (χ3n) is 1.88. The van der Waals surface area contributed by atoms with Crippen LogP contribution >= 0.6 is 7.75 Å². The van der Waals surface area contributed by atoms with E-state index in [1.807, 2.05) is 6.07 Å². The van der Waals surface area contributed by atoms with Crippen molar-refractivity contribution in [2.45, 2.75) is 6.92 Å². The Hall–Kier alpha value is -1.75. The molecule has 0 spiro atoms. The molecule has 1 rings (SSSR count). The van der Waals surface area contributed by atoms with E-state index in [1.54, 1.807) is 51.4 Å². The summed E-state index contributed by atoms with van der Waals surface area (Å²) in [7, 11) is -0.347. The van der Waals surface area contributed by atoms with Crippen molar-refractivity contribution in [3.8, 4) is 6.07 Å². The first-order chi connectivity index (χ1) is 9.86. The number of nitriles is 1. The van der Waals surface area contributed by atoms with Crippen LogP contribution in [0, 0.1) is 11.3 Å². The van der Waals surface area contributed by atoms with Crippen LogP contribution in [0.25, 0.3) is 0 Å². The molecule has 0 aromatic heterocycles. The number of nitrogens with one attached hydrogen (secondary N) is 1. The molecule has 21 heavy (non-hydrogen) atoms. The second-order valence-corrected chi connectivity index (χ2v) is 5.36. The van der Waals surface area contributed by atoms with Gasteiger partial charge in [0.25, 0.3) is 0 Å². The molecule has 9 heteroatoms. The van der Waals surface area contributed by atoms with Crippen molar-refractivity contribution >= 4 is 13.5 Å². The van der Waals surface area contributed by atoms with Crippen LogP contribution < -0.4 is 5.20 Å². The number of oxime groups is 1. The summed E-state index contributed by atoms with van der Waals surface area (Å²) in [6.07, 6.45) is 0. The average molecular weight is 314 g/mol. The lowest BCUT2D eigenvalue weighted by Crippen LogP contribution is -2.28. The molecule has 1 aromatic rings. The highest BCUT2D eigenvalue weighted by molar-refractivity contribution is 7.50. The summed E-state index contributed by atoms with van der Waals surface area (Å²) in [6.45, 7) is 1.87. The van der Waals surface area contributed by atoms with Gasteiger partial charge in [0.1, 0.15) is 6.07 Å². The summed E-state index contributed by atoms with van der Waals surface area (Å²) >= 11 is 0. The number of nitrogens with zero attached hydrogens (tertiary/aromatic N) is 3. The second-order valence-electron chi connectivity index (χ2n) is 3.86. The molecule has 3 N–H and O–H groups in total. The van der Waals surface area contributed by atoms with Crippen molar-refractivity contribution in [2.75, 3.05) is 20.7 Å². The second kappa shape index (κ2) is 10.0. The minimum atomic E-state index is -3.57. The molecule has 0 fully saturated rings. The number of rotatable bonds is 5. The summed E-state index contributed by atoms with van der Waals surface area (Å²) in [5.41, 5.74) is 0.656. The van der Waals surface area contributed by atoms with Gasteiger partial charge in [-0.2, -0.15) is 10.5 Å². The third-order valence-corrected chi connectivity index (χ3v) is 3.14. The predicted octanol–water partition coefficient (Wildman–Crippen LogP) is 1.58. The maximum atomic E-state index is 10.8. The zero-order chi connectivity index (χ0) is 16.3. The van der Waals surface area contributed by atoms with Crippen molar-refractivity contribution in [3.05, 3.63) is 35.9 Å². The van der Waals surface area contributed by atoms with E-state index in [9.17, 15) is 4.57 Å². The van der Waals surface area contributed by atoms with Gasteiger partial charge < -0.3 is 10.1 Å². The van der Waals surface area contributed by atoms with Crippen molar-refractivity contribution < 1.29 is 19.2 Å². The SMILES string of the molecule is CCOP(=O)(O)NN(C)C.N#C/C(=N/O)c1ccccc1. The normalized spacial score (nSPS) is 13.8. The molecular formula is C12H19N4O4P. The molecule has 0 aliphatic heterocycles. The summed E-state index contributed by atoms with van der Waals surface area (Å²) < 4.78 is 15.3. The molecular weight excluding hydrogens is 295 g/mol. The third kappa shape index (κ3) is 8.92. The number of hydrazine groups is 1. The van der Waals surface area contributed by atoms with Crippen LogP contribution in [0.4, 0.5) is 0 Å². The summed E-state index contributed by atoms with van der Waals surface area (Å²) in [5.74, 6) is 0. The van der Waals surface area contributed by atoms with Crippen LogP contribution in [0.3, 0.4) is 0 Å². The Morgan fingerprint density at radius 2 is 2.05 bits per heavy atom. The fourth-order valence-corrected chi connectivity index (χ4v) is 2.11. The van der Waals surface area contributed by atoms with Gasteiger partial charge in [-0.15, -0.1) is 0 Å². The van der Waals surface area contributed by atoms with E-state index in [0.29, 0.717) is 5.56 Å².